The van der Waals surface area contributed by atoms with Crippen molar-refractivity contribution in [1.29, 1.82) is 0 Å². The normalized spacial score (nSPS) is 10.6. The van der Waals surface area contributed by atoms with Crippen LogP contribution in [0.4, 0.5) is 5.69 Å². The van der Waals surface area contributed by atoms with Gasteiger partial charge in [0.2, 0.25) is 11.6 Å². The van der Waals surface area contributed by atoms with Gasteiger partial charge in [0.25, 0.3) is 5.78 Å². The highest BCUT2D eigenvalue weighted by atomic mass is 32.2. The minimum atomic E-state index is -0.726. The molecule has 7 nitrogen and oxygen atoms in total. The van der Waals surface area contributed by atoms with Crippen LogP contribution in [0.25, 0.3) is 0 Å². The number of furan rings is 1. The number of anilines is 1. The number of nitrogen functional groups attached to an aromatic ring is 1. The minimum absolute atomic E-state index is 0.0683. The first-order valence-electron chi connectivity index (χ1n) is 6.66. The number of hydrogen-bond acceptors (Lipinski definition) is 7. The Morgan fingerprint density at radius 2 is 2.00 bits per heavy atom. The number of nitrogens with one attached hydrogen (secondary N) is 1. The van der Waals surface area contributed by atoms with Gasteiger partial charge in [-0.25, -0.2) is 4.98 Å². The maximum absolute atomic E-state index is 12.0. The first-order chi connectivity index (χ1) is 11.1. The maximum atomic E-state index is 12.0. The number of H-pyrrole nitrogens is 1. The van der Waals surface area contributed by atoms with Crippen molar-refractivity contribution in [2.24, 2.45) is 0 Å². The second-order valence-corrected chi connectivity index (χ2v) is 5.70. The lowest BCUT2D eigenvalue weighted by Crippen LogP contribution is -2.18. The van der Waals surface area contributed by atoms with Gasteiger partial charge in [-0.3, -0.25) is 14.7 Å². The number of ketones is 2. The second-order valence-electron chi connectivity index (χ2n) is 4.66. The van der Waals surface area contributed by atoms with Gasteiger partial charge in [-0.1, -0.05) is 11.8 Å². The number of carbonyl (C=O) groups excluding carboxylic acids is 2. The molecule has 0 saturated heterocycles. The first kappa shape index (κ1) is 15.0. The van der Waals surface area contributed by atoms with E-state index in [-0.39, 0.29) is 12.2 Å². The summed E-state index contributed by atoms with van der Waals surface area (Å²) in [4.78, 5) is 28.5. The fraction of sp³-hybridized carbons (Fsp3) is 0.0667. The van der Waals surface area contributed by atoms with Gasteiger partial charge in [-0.15, -0.1) is 5.10 Å². The van der Waals surface area contributed by atoms with E-state index in [4.69, 9.17) is 10.2 Å². The summed E-state index contributed by atoms with van der Waals surface area (Å²) >= 11 is 1.36. The number of rotatable bonds is 6. The highest BCUT2D eigenvalue weighted by Crippen LogP contribution is 2.32. The molecular formula is C15H12N4O3S. The fourth-order valence-corrected chi connectivity index (χ4v) is 2.74. The number of benzene rings is 1. The Morgan fingerprint density at radius 1 is 1.22 bits per heavy atom. The largest absolute Gasteiger partial charge is 0.457 e. The van der Waals surface area contributed by atoms with Crippen LogP contribution in [0.15, 0.2) is 57.3 Å². The SMILES string of the molecule is Nc1ccc(Sc2occc2CC(=O)C(=O)c2nc[nH]n2)cc1. The molecule has 23 heavy (non-hydrogen) atoms. The van der Waals surface area contributed by atoms with Crippen molar-refractivity contribution in [3.63, 3.8) is 0 Å². The van der Waals surface area contributed by atoms with Gasteiger partial charge in [-0.2, -0.15) is 0 Å². The van der Waals surface area contributed by atoms with Crippen LogP contribution in [0, 0.1) is 0 Å². The van der Waals surface area contributed by atoms with E-state index >= 15 is 0 Å². The molecule has 0 unspecified atom stereocenters. The van der Waals surface area contributed by atoms with E-state index in [1.165, 1.54) is 24.4 Å². The third-order valence-corrected chi connectivity index (χ3v) is 4.07. The van der Waals surface area contributed by atoms with Crippen LogP contribution in [0.2, 0.25) is 0 Å². The molecule has 116 valence electrons. The first-order valence-corrected chi connectivity index (χ1v) is 7.48. The summed E-state index contributed by atoms with van der Waals surface area (Å²) in [5.74, 6) is -1.45. The molecule has 8 heteroatoms. The van der Waals surface area contributed by atoms with Crippen molar-refractivity contribution in [2.45, 2.75) is 16.4 Å². The van der Waals surface area contributed by atoms with Crippen LogP contribution >= 0.6 is 11.8 Å². The molecule has 0 aliphatic carbocycles. The molecule has 0 amide bonds. The number of Topliss-reactive ketones (excluding diaryl/α,β-unsaturated/α-hetero) is 2. The Kier molecular flexibility index (Phi) is 4.24. The second kappa shape index (κ2) is 6.49. The summed E-state index contributed by atoms with van der Waals surface area (Å²) in [5.41, 5.74) is 6.95. The molecule has 3 rings (SSSR count). The molecule has 2 heterocycles. The molecule has 0 aliphatic rings. The average molecular weight is 328 g/mol. The van der Waals surface area contributed by atoms with Crippen molar-refractivity contribution >= 4 is 29.0 Å². The van der Waals surface area contributed by atoms with E-state index in [2.05, 4.69) is 15.2 Å². The van der Waals surface area contributed by atoms with Crippen LogP contribution < -0.4 is 5.73 Å². The lowest BCUT2D eigenvalue weighted by atomic mass is 10.1. The topological polar surface area (TPSA) is 115 Å². The van der Waals surface area contributed by atoms with Gasteiger partial charge >= 0.3 is 0 Å². The highest BCUT2D eigenvalue weighted by Gasteiger charge is 2.22. The molecule has 2 aromatic heterocycles. The average Bonchev–Trinajstić information content (AvgIpc) is 3.21. The summed E-state index contributed by atoms with van der Waals surface area (Å²) in [7, 11) is 0. The number of nitrogens with zero attached hydrogens (tertiary/aromatic N) is 2. The summed E-state index contributed by atoms with van der Waals surface area (Å²) < 4.78 is 5.40. The van der Waals surface area contributed by atoms with E-state index in [0.717, 1.165) is 4.90 Å². The monoisotopic (exact) mass is 328 g/mol. The van der Waals surface area contributed by atoms with Gasteiger partial charge < -0.3 is 10.2 Å². The van der Waals surface area contributed by atoms with Gasteiger partial charge in [-0.05, 0) is 30.3 Å². The molecule has 1 aromatic carbocycles. The van der Waals surface area contributed by atoms with Crippen LogP contribution in [0.3, 0.4) is 0 Å². The predicted octanol–water partition coefficient (Wildman–Crippen LogP) is 2.13. The fourth-order valence-electron chi connectivity index (χ4n) is 1.88. The number of nitrogens with two attached hydrogens (primary N) is 1. The zero-order valence-electron chi connectivity index (χ0n) is 11.9. The smallest absolute Gasteiger partial charge is 0.267 e. The van der Waals surface area contributed by atoms with Gasteiger partial charge in [0, 0.05) is 22.6 Å². The quantitative estimate of drug-likeness (QED) is 0.404. The van der Waals surface area contributed by atoms with Crippen LogP contribution in [-0.4, -0.2) is 26.7 Å². The number of hydrogen-bond donors (Lipinski definition) is 2. The molecule has 0 aliphatic heterocycles. The van der Waals surface area contributed by atoms with Crippen molar-refractivity contribution < 1.29 is 14.0 Å². The molecule has 0 radical (unpaired) electrons. The predicted molar refractivity (Wildman–Crippen MR) is 83.1 cm³/mol. The van der Waals surface area contributed by atoms with E-state index < -0.39 is 11.6 Å². The van der Waals surface area contributed by atoms with Gasteiger partial charge in [0.1, 0.15) is 6.33 Å². The van der Waals surface area contributed by atoms with Crippen molar-refractivity contribution in [3.05, 3.63) is 54.3 Å². The third-order valence-electron chi connectivity index (χ3n) is 3.02. The third kappa shape index (κ3) is 3.49. The minimum Gasteiger partial charge on any atom is -0.457 e. The summed E-state index contributed by atoms with van der Waals surface area (Å²) in [5, 5.41) is 6.58. The zero-order chi connectivity index (χ0) is 16.2. The van der Waals surface area contributed by atoms with Crippen LogP contribution in [0.1, 0.15) is 16.2 Å². The number of aromatic amines is 1. The summed E-state index contributed by atoms with van der Waals surface area (Å²) in [6.07, 6.45) is 2.67. The molecule has 0 atom stereocenters. The lowest BCUT2D eigenvalue weighted by molar-refractivity contribution is -0.114. The number of carbonyl (C=O) groups is 2. The van der Waals surface area contributed by atoms with E-state index in [1.807, 2.05) is 12.1 Å². The molecule has 0 bridgehead atoms. The Morgan fingerprint density at radius 3 is 2.70 bits per heavy atom. The van der Waals surface area contributed by atoms with Crippen LogP contribution in [-0.2, 0) is 11.2 Å². The standard InChI is InChI=1S/C15H12N4O3S/c16-10-1-3-11(4-2-10)23-15-9(5-6-22-15)7-12(20)13(21)14-17-8-18-19-14/h1-6,8H,7,16H2,(H,17,18,19). The van der Waals surface area contributed by atoms with Crippen molar-refractivity contribution in [1.82, 2.24) is 15.2 Å². The molecule has 0 spiro atoms. The Bertz CT molecular complexity index is 825. The van der Waals surface area contributed by atoms with Gasteiger partial charge in [0.05, 0.1) is 6.26 Å². The van der Waals surface area contributed by atoms with Gasteiger partial charge in [0.15, 0.2) is 5.09 Å². The van der Waals surface area contributed by atoms with E-state index in [0.29, 0.717) is 16.3 Å². The molecule has 3 N–H and O–H groups in total. The molecule has 0 fully saturated rings. The molecule has 0 saturated carbocycles. The van der Waals surface area contributed by atoms with Crippen molar-refractivity contribution in [3.8, 4) is 0 Å². The Hall–Kier alpha value is -2.87. The van der Waals surface area contributed by atoms with E-state index in [1.54, 1.807) is 18.2 Å². The Balaban J connectivity index is 1.72. The van der Waals surface area contributed by atoms with E-state index in [9.17, 15) is 9.59 Å². The molecular weight excluding hydrogens is 316 g/mol. The van der Waals surface area contributed by atoms with Crippen molar-refractivity contribution in [2.75, 3.05) is 5.73 Å². The maximum Gasteiger partial charge on any atom is 0.267 e. The van der Waals surface area contributed by atoms with Crippen LogP contribution in [0.5, 0.6) is 0 Å². The zero-order valence-corrected chi connectivity index (χ0v) is 12.7. The molecule has 3 aromatic rings. The Labute approximate surface area is 135 Å². The summed E-state index contributed by atoms with van der Waals surface area (Å²) in [6.45, 7) is 0. The lowest BCUT2D eigenvalue weighted by Gasteiger charge is -2.02. The highest BCUT2D eigenvalue weighted by molar-refractivity contribution is 7.99. The number of aromatic nitrogens is 3. The summed E-state index contributed by atoms with van der Waals surface area (Å²) in [6, 6.07) is 8.94.